The second-order valence-corrected chi connectivity index (χ2v) is 5.82. The van der Waals surface area contributed by atoms with Crippen molar-refractivity contribution >= 4 is 5.91 Å². The Balaban J connectivity index is 2.16. The molecule has 2 rings (SSSR count). The number of likely N-dealkylation sites (N-methyl/N-ethyl adjacent to an activating group) is 1. The second-order valence-electron chi connectivity index (χ2n) is 5.82. The van der Waals surface area contributed by atoms with Gasteiger partial charge in [-0.1, -0.05) is 19.0 Å². The van der Waals surface area contributed by atoms with Crippen LogP contribution in [0.15, 0.2) is 4.52 Å². The van der Waals surface area contributed by atoms with E-state index in [1.165, 1.54) is 0 Å². The van der Waals surface area contributed by atoms with Gasteiger partial charge in [-0.25, -0.2) is 0 Å². The Morgan fingerprint density at radius 3 is 2.70 bits per heavy atom. The molecule has 1 saturated heterocycles. The van der Waals surface area contributed by atoms with Crippen LogP contribution in [0.4, 0.5) is 0 Å². The number of likely N-dealkylation sites (tertiary alicyclic amines) is 1. The molecule has 2 heterocycles. The third-order valence-corrected chi connectivity index (χ3v) is 3.80. The Morgan fingerprint density at radius 1 is 1.40 bits per heavy atom. The molecule has 0 radical (unpaired) electrons. The molecule has 0 aromatic carbocycles. The van der Waals surface area contributed by atoms with E-state index in [-0.39, 0.29) is 17.9 Å². The van der Waals surface area contributed by atoms with E-state index in [0.29, 0.717) is 24.2 Å². The SMILES string of the molecule is CNC(C)Cc1noc(C(C(C)C)N2CCCC2=O)n1. The summed E-state index contributed by atoms with van der Waals surface area (Å²) in [5.74, 6) is 1.70. The highest BCUT2D eigenvalue weighted by atomic mass is 16.5. The van der Waals surface area contributed by atoms with Crippen molar-refractivity contribution in [2.75, 3.05) is 13.6 Å². The van der Waals surface area contributed by atoms with Gasteiger partial charge in [-0.05, 0) is 26.3 Å². The molecule has 20 heavy (non-hydrogen) atoms. The van der Waals surface area contributed by atoms with Gasteiger partial charge in [-0.3, -0.25) is 4.79 Å². The molecule has 2 unspecified atom stereocenters. The molecule has 6 nitrogen and oxygen atoms in total. The van der Waals surface area contributed by atoms with Crippen molar-refractivity contribution in [1.82, 2.24) is 20.4 Å². The number of nitrogens with one attached hydrogen (secondary N) is 1. The van der Waals surface area contributed by atoms with Crippen LogP contribution in [0, 0.1) is 5.92 Å². The van der Waals surface area contributed by atoms with Gasteiger partial charge in [0.25, 0.3) is 0 Å². The van der Waals surface area contributed by atoms with Gasteiger partial charge in [0.1, 0.15) is 6.04 Å². The lowest BCUT2D eigenvalue weighted by Gasteiger charge is -2.27. The van der Waals surface area contributed by atoms with Crippen LogP contribution in [-0.4, -0.2) is 40.6 Å². The lowest BCUT2D eigenvalue weighted by molar-refractivity contribution is -0.131. The molecule has 0 spiro atoms. The van der Waals surface area contributed by atoms with Crippen LogP contribution in [0.25, 0.3) is 0 Å². The molecule has 0 bridgehead atoms. The maximum Gasteiger partial charge on any atom is 0.249 e. The van der Waals surface area contributed by atoms with Crippen molar-refractivity contribution < 1.29 is 9.32 Å². The Labute approximate surface area is 119 Å². The van der Waals surface area contributed by atoms with Crippen molar-refractivity contribution in [3.8, 4) is 0 Å². The smallest absolute Gasteiger partial charge is 0.249 e. The molecule has 0 aliphatic carbocycles. The van der Waals surface area contributed by atoms with Crippen molar-refractivity contribution in [2.24, 2.45) is 5.92 Å². The van der Waals surface area contributed by atoms with Gasteiger partial charge >= 0.3 is 0 Å². The monoisotopic (exact) mass is 280 g/mol. The van der Waals surface area contributed by atoms with Gasteiger partial charge in [-0.2, -0.15) is 4.98 Å². The van der Waals surface area contributed by atoms with E-state index < -0.39 is 0 Å². The average molecular weight is 280 g/mol. The van der Waals surface area contributed by atoms with Gasteiger partial charge in [0, 0.05) is 25.4 Å². The van der Waals surface area contributed by atoms with E-state index in [1.54, 1.807) is 0 Å². The first-order chi connectivity index (χ1) is 9.52. The average Bonchev–Trinajstić information content (AvgIpc) is 3.00. The largest absolute Gasteiger partial charge is 0.337 e. The minimum Gasteiger partial charge on any atom is -0.337 e. The van der Waals surface area contributed by atoms with Crippen LogP contribution in [0.3, 0.4) is 0 Å². The van der Waals surface area contributed by atoms with E-state index in [2.05, 4.69) is 36.2 Å². The number of aromatic nitrogens is 2. The standard InChI is InChI=1S/C14H24N4O2/c1-9(2)13(18-7-5-6-12(18)19)14-16-11(17-20-14)8-10(3)15-4/h9-10,13,15H,5-8H2,1-4H3. The highest BCUT2D eigenvalue weighted by Gasteiger charge is 2.34. The molecule has 2 atom stereocenters. The van der Waals surface area contributed by atoms with Crippen LogP contribution in [-0.2, 0) is 11.2 Å². The maximum atomic E-state index is 12.0. The second kappa shape index (κ2) is 6.35. The fraction of sp³-hybridized carbons (Fsp3) is 0.786. The van der Waals surface area contributed by atoms with Crippen LogP contribution in [0.2, 0.25) is 0 Å². The summed E-state index contributed by atoms with van der Waals surface area (Å²) in [6.45, 7) is 7.01. The molecule has 1 aromatic rings. The zero-order valence-electron chi connectivity index (χ0n) is 12.7. The van der Waals surface area contributed by atoms with Gasteiger partial charge in [0.15, 0.2) is 5.82 Å². The highest BCUT2D eigenvalue weighted by molar-refractivity contribution is 5.78. The minimum atomic E-state index is -0.101. The first-order valence-corrected chi connectivity index (χ1v) is 7.32. The normalized spacial score (nSPS) is 18.9. The Hall–Kier alpha value is -1.43. The van der Waals surface area contributed by atoms with Gasteiger partial charge < -0.3 is 14.7 Å². The third kappa shape index (κ3) is 3.17. The zero-order valence-corrected chi connectivity index (χ0v) is 12.7. The number of rotatable bonds is 6. The molecule has 0 saturated carbocycles. The predicted molar refractivity (Wildman–Crippen MR) is 75.0 cm³/mol. The first-order valence-electron chi connectivity index (χ1n) is 7.32. The molecule has 1 aliphatic heterocycles. The van der Waals surface area contributed by atoms with Crippen molar-refractivity contribution in [3.63, 3.8) is 0 Å². The fourth-order valence-corrected chi connectivity index (χ4v) is 2.59. The molecule has 1 N–H and O–H groups in total. The minimum absolute atomic E-state index is 0.101. The van der Waals surface area contributed by atoms with E-state index >= 15 is 0 Å². The van der Waals surface area contributed by atoms with Gasteiger partial charge in [0.05, 0.1) is 0 Å². The highest BCUT2D eigenvalue weighted by Crippen LogP contribution is 2.31. The summed E-state index contributed by atoms with van der Waals surface area (Å²) in [5, 5.41) is 7.19. The van der Waals surface area contributed by atoms with Crippen molar-refractivity contribution in [1.29, 1.82) is 0 Å². The number of amides is 1. The van der Waals surface area contributed by atoms with Crippen LogP contribution in [0.1, 0.15) is 51.4 Å². The van der Waals surface area contributed by atoms with Crippen LogP contribution < -0.4 is 5.32 Å². The molecule has 1 amide bonds. The fourth-order valence-electron chi connectivity index (χ4n) is 2.59. The lowest BCUT2D eigenvalue weighted by Crippen LogP contribution is -2.33. The number of carbonyl (C=O) groups excluding carboxylic acids is 1. The van der Waals surface area contributed by atoms with E-state index in [4.69, 9.17) is 4.52 Å². The summed E-state index contributed by atoms with van der Waals surface area (Å²) in [6.07, 6.45) is 2.26. The van der Waals surface area contributed by atoms with Crippen molar-refractivity contribution in [3.05, 3.63) is 11.7 Å². The summed E-state index contributed by atoms with van der Waals surface area (Å²) >= 11 is 0. The quantitative estimate of drug-likeness (QED) is 0.856. The van der Waals surface area contributed by atoms with E-state index in [0.717, 1.165) is 19.4 Å². The third-order valence-electron chi connectivity index (χ3n) is 3.80. The molecular formula is C14H24N4O2. The van der Waals surface area contributed by atoms with Crippen molar-refractivity contribution in [2.45, 2.75) is 52.1 Å². The Kier molecular flexibility index (Phi) is 4.75. The predicted octanol–water partition coefficient (Wildman–Crippen LogP) is 1.54. The molecule has 1 aliphatic rings. The first kappa shape index (κ1) is 15.0. The topological polar surface area (TPSA) is 71.3 Å². The summed E-state index contributed by atoms with van der Waals surface area (Å²) in [7, 11) is 1.91. The summed E-state index contributed by atoms with van der Waals surface area (Å²) in [5.41, 5.74) is 0. The number of nitrogens with zero attached hydrogens (tertiary/aromatic N) is 3. The molecule has 1 aromatic heterocycles. The summed E-state index contributed by atoms with van der Waals surface area (Å²) in [4.78, 5) is 18.3. The summed E-state index contributed by atoms with van der Waals surface area (Å²) in [6, 6.07) is 0.197. The zero-order chi connectivity index (χ0) is 14.7. The Morgan fingerprint density at radius 2 is 2.15 bits per heavy atom. The van der Waals surface area contributed by atoms with E-state index in [9.17, 15) is 4.79 Å². The molecule has 6 heteroatoms. The molecular weight excluding hydrogens is 256 g/mol. The van der Waals surface area contributed by atoms with Gasteiger partial charge in [0.2, 0.25) is 11.8 Å². The maximum absolute atomic E-state index is 12.0. The van der Waals surface area contributed by atoms with Crippen LogP contribution >= 0.6 is 0 Å². The Bertz CT molecular complexity index is 458. The van der Waals surface area contributed by atoms with Gasteiger partial charge in [-0.15, -0.1) is 0 Å². The molecule has 1 fully saturated rings. The van der Waals surface area contributed by atoms with E-state index in [1.807, 2.05) is 11.9 Å². The molecule has 112 valence electrons. The number of hydrogen-bond acceptors (Lipinski definition) is 5. The summed E-state index contributed by atoms with van der Waals surface area (Å²) < 4.78 is 5.41. The lowest BCUT2D eigenvalue weighted by atomic mass is 10.0. The van der Waals surface area contributed by atoms with Crippen LogP contribution in [0.5, 0.6) is 0 Å². The number of carbonyl (C=O) groups is 1. The number of hydrogen-bond donors (Lipinski definition) is 1.